The number of aliphatic hydroxyl groups is 1. The van der Waals surface area contributed by atoms with Gasteiger partial charge in [-0.2, -0.15) is 5.10 Å². The molecule has 19 heteroatoms. The van der Waals surface area contributed by atoms with E-state index in [4.69, 9.17) is 9.84 Å². The number of benzene rings is 3. The SMILES string of the molecule is CC(=O)N1CCc2c(c(N3CCN(C)c4cc(-c5ccc6nnc(C(=O)N[C@H](C(=O)N7C[C@H](O)C[C@H]7C(=O)NCc7ccc(-c8scnc8C)cc7)C(C)(C)C)nc6c5)ccc43)nn2C2CCOCC2)C1. The molecule has 6 aromatic rings. The minimum atomic E-state index is -1.09. The quantitative estimate of drug-likeness (QED) is 0.154. The lowest BCUT2D eigenvalue weighted by Crippen LogP contribution is -2.57. The van der Waals surface area contributed by atoms with Crippen molar-refractivity contribution in [2.24, 2.45) is 5.41 Å². The fourth-order valence-corrected chi connectivity index (χ4v) is 11.1. The Morgan fingerprint density at radius 2 is 1.66 bits per heavy atom. The zero-order chi connectivity index (χ0) is 49.7. The lowest BCUT2D eigenvalue weighted by molar-refractivity contribution is -0.142. The third kappa shape index (κ3) is 9.57. The summed E-state index contributed by atoms with van der Waals surface area (Å²) >= 11 is 1.57. The largest absolute Gasteiger partial charge is 0.391 e. The van der Waals surface area contributed by atoms with Gasteiger partial charge < -0.3 is 40.1 Å². The average Bonchev–Trinajstić information content (AvgIpc) is 4.10. The molecule has 3 aromatic carbocycles. The highest BCUT2D eigenvalue weighted by molar-refractivity contribution is 7.13. The van der Waals surface area contributed by atoms with E-state index in [2.05, 4.69) is 70.5 Å². The number of aliphatic hydroxyl groups excluding tert-OH is 1. The normalized spacial score (nSPS) is 18.9. The Morgan fingerprint density at radius 1 is 0.915 bits per heavy atom. The van der Waals surface area contributed by atoms with E-state index >= 15 is 0 Å². The number of fused-ring (bicyclic) bond motifs is 3. The van der Waals surface area contributed by atoms with Crippen LogP contribution in [0.1, 0.15) is 86.1 Å². The Morgan fingerprint density at radius 3 is 2.39 bits per heavy atom. The molecule has 18 nitrogen and oxygen atoms in total. The van der Waals surface area contributed by atoms with E-state index in [9.17, 15) is 24.3 Å². The first-order valence-electron chi connectivity index (χ1n) is 24.4. The third-order valence-electron chi connectivity index (χ3n) is 14.3. The summed E-state index contributed by atoms with van der Waals surface area (Å²) in [5.41, 5.74) is 11.0. The van der Waals surface area contributed by atoms with Crippen LogP contribution in [0.4, 0.5) is 17.2 Å². The van der Waals surface area contributed by atoms with Crippen molar-refractivity contribution in [1.82, 2.24) is 50.4 Å². The number of likely N-dealkylation sites (N-methyl/N-ethyl adjacent to an activating group) is 1. The first-order chi connectivity index (χ1) is 34.1. The number of hydrogen-bond donors (Lipinski definition) is 3. The predicted octanol–water partition coefficient (Wildman–Crippen LogP) is 5.59. The zero-order valence-electron chi connectivity index (χ0n) is 41.0. The van der Waals surface area contributed by atoms with Crippen molar-refractivity contribution in [3.8, 4) is 21.6 Å². The highest BCUT2D eigenvalue weighted by Crippen LogP contribution is 2.43. The van der Waals surface area contributed by atoms with Crippen LogP contribution in [0.3, 0.4) is 0 Å². The van der Waals surface area contributed by atoms with Gasteiger partial charge in [0.15, 0.2) is 5.82 Å². The van der Waals surface area contributed by atoms with Crippen molar-refractivity contribution in [2.75, 3.05) is 56.2 Å². The highest BCUT2D eigenvalue weighted by Gasteiger charge is 2.45. The van der Waals surface area contributed by atoms with Crippen molar-refractivity contribution >= 4 is 63.2 Å². The van der Waals surface area contributed by atoms with Crippen molar-refractivity contribution in [1.29, 1.82) is 0 Å². The number of anilines is 3. The van der Waals surface area contributed by atoms with E-state index in [1.54, 1.807) is 18.3 Å². The maximum absolute atomic E-state index is 14.4. The molecule has 0 aliphatic carbocycles. The summed E-state index contributed by atoms with van der Waals surface area (Å²) in [6, 6.07) is 18.1. The first kappa shape index (κ1) is 47.8. The molecule has 4 amide bonds. The fraction of sp³-hybridized carbons (Fsp3) is 0.442. The van der Waals surface area contributed by atoms with Crippen LogP contribution in [0.25, 0.3) is 32.6 Å². The van der Waals surface area contributed by atoms with Crippen molar-refractivity contribution in [3.05, 3.63) is 94.5 Å². The molecule has 0 radical (unpaired) electrons. The van der Waals surface area contributed by atoms with Crippen molar-refractivity contribution in [3.63, 3.8) is 0 Å². The van der Waals surface area contributed by atoms with Crippen LogP contribution in [-0.2, 0) is 38.6 Å². The molecule has 4 aliphatic heterocycles. The van der Waals surface area contributed by atoms with E-state index < -0.39 is 41.3 Å². The van der Waals surface area contributed by atoms with E-state index in [0.29, 0.717) is 37.3 Å². The Kier molecular flexibility index (Phi) is 13.1. The molecule has 0 bridgehead atoms. The Labute approximate surface area is 416 Å². The predicted molar refractivity (Wildman–Crippen MR) is 270 cm³/mol. The number of thiazole rings is 1. The third-order valence-corrected chi connectivity index (χ3v) is 15.3. The topological polar surface area (TPSA) is 204 Å². The van der Waals surface area contributed by atoms with Crippen LogP contribution in [0.5, 0.6) is 0 Å². The number of carbonyl (C=O) groups excluding carboxylic acids is 4. The average molecular weight is 981 g/mol. The molecule has 3 aromatic heterocycles. The van der Waals surface area contributed by atoms with Crippen LogP contribution < -0.4 is 20.4 Å². The van der Waals surface area contributed by atoms with E-state index in [-0.39, 0.29) is 37.3 Å². The van der Waals surface area contributed by atoms with E-state index in [1.807, 2.05) is 80.6 Å². The molecule has 0 spiro atoms. The molecule has 2 saturated heterocycles. The number of carbonyl (C=O) groups is 4. The van der Waals surface area contributed by atoms with Gasteiger partial charge in [-0.3, -0.25) is 23.9 Å². The first-order valence-corrected chi connectivity index (χ1v) is 25.3. The number of amides is 4. The van der Waals surface area contributed by atoms with Crippen LogP contribution >= 0.6 is 11.3 Å². The molecule has 2 fully saturated rings. The monoisotopic (exact) mass is 980 g/mol. The molecule has 0 unspecified atom stereocenters. The van der Waals surface area contributed by atoms with Crippen LogP contribution in [0, 0.1) is 12.3 Å². The van der Waals surface area contributed by atoms with E-state index in [1.165, 1.54) is 10.6 Å². The maximum Gasteiger partial charge on any atom is 0.291 e. The second-order valence-corrected chi connectivity index (χ2v) is 21.0. The number of aryl methyl sites for hydroxylation is 1. The van der Waals surface area contributed by atoms with Gasteiger partial charge >= 0.3 is 0 Å². The standard InChI is InChI=1S/C52H60N12O6S/c1-30-45(71-29-54-30)33-9-7-32(8-10-33)26-53-49(67)44-25-37(66)27-63(44)51(69)46(52(3,4)5)56-50(68)47-55-40-23-34(11-13-39(40)57-58-47)35-12-14-42-43(24-35)60(6)19-20-62(42)48-38-28-61(31(2)65)18-15-41(38)64(59-48)36-16-21-70-22-17-36/h7-14,23-24,29,36-37,44,46,66H,15-22,25-28H2,1-6H3,(H,53,67)(H,56,68)/t37-,44+,46-/m1/s1. The summed E-state index contributed by atoms with van der Waals surface area (Å²) in [6.07, 6.45) is 1.72. The van der Waals surface area contributed by atoms with Gasteiger partial charge in [-0.25, -0.2) is 9.97 Å². The van der Waals surface area contributed by atoms with Gasteiger partial charge in [0.1, 0.15) is 17.6 Å². The van der Waals surface area contributed by atoms with Crippen molar-refractivity contribution in [2.45, 2.75) is 97.6 Å². The minimum absolute atomic E-state index is 0.0571. The highest BCUT2D eigenvalue weighted by atomic mass is 32.1. The molecule has 0 saturated carbocycles. The second-order valence-electron chi connectivity index (χ2n) is 20.2. The Hall–Kier alpha value is -6.83. The molecule has 7 heterocycles. The van der Waals surface area contributed by atoms with Crippen LogP contribution in [0.2, 0.25) is 0 Å². The van der Waals surface area contributed by atoms with Gasteiger partial charge in [0, 0.05) is 84.0 Å². The summed E-state index contributed by atoms with van der Waals surface area (Å²) in [4.78, 5) is 72.6. The Bertz CT molecular complexity index is 3020. The van der Waals surface area contributed by atoms with Gasteiger partial charge in [-0.05, 0) is 71.7 Å². The number of rotatable bonds is 10. The Balaban J connectivity index is 0.858. The smallest absolute Gasteiger partial charge is 0.291 e. The number of hydrogen-bond acceptors (Lipinski definition) is 14. The number of ether oxygens (including phenoxy) is 1. The molecule has 4 aliphatic rings. The molecule has 3 N–H and O–H groups in total. The van der Waals surface area contributed by atoms with Gasteiger partial charge in [-0.1, -0.05) is 57.2 Å². The molecule has 3 atom stereocenters. The number of β-amino-alcohol motifs (C(OH)–C–C–N with tert-alkyl or cyclic N) is 1. The lowest BCUT2D eigenvalue weighted by Gasteiger charge is -2.37. The molecular formula is C52H60N12O6S. The van der Waals surface area contributed by atoms with Crippen molar-refractivity contribution < 1.29 is 29.0 Å². The number of likely N-dealkylation sites (tertiary alicyclic amines) is 1. The summed E-state index contributed by atoms with van der Waals surface area (Å²) < 4.78 is 7.92. The van der Waals surface area contributed by atoms with Gasteiger partial charge in [-0.15, -0.1) is 21.5 Å². The molecule has 370 valence electrons. The molecular weight excluding hydrogens is 921 g/mol. The van der Waals surface area contributed by atoms with Crippen LogP contribution in [0.15, 0.2) is 66.2 Å². The van der Waals surface area contributed by atoms with Crippen LogP contribution in [-0.4, -0.2) is 133 Å². The maximum atomic E-state index is 14.4. The molecule has 10 rings (SSSR count). The lowest BCUT2D eigenvalue weighted by atomic mass is 9.85. The van der Waals surface area contributed by atoms with Gasteiger partial charge in [0.25, 0.3) is 5.91 Å². The second kappa shape index (κ2) is 19.4. The van der Waals surface area contributed by atoms with Gasteiger partial charge in [0.05, 0.1) is 51.7 Å². The number of aromatic nitrogens is 6. The summed E-state index contributed by atoms with van der Waals surface area (Å²) in [5, 5.41) is 30.4. The number of nitrogens with one attached hydrogen (secondary N) is 2. The zero-order valence-corrected chi connectivity index (χ0v) is 41.8. The van der Waals surface area contributed by atoms with Gasteiger partial charge in [0.2, 0.25) is 23.5 Å². The summed E-state index contributed by atoms with van der Waals surface area (Å²) in [6.45, 7) is 13.4. The van der Waals surface area contributed by atoms with E-state index in [0.717, 1.165) is 87.9 Å². The summed E-state index contributed by atoms with van der Waals surface area (Å²) in [5.74, 6) is -0.839. The fourth-order valence-electron chi connectivity index (χ4n) is 10.3. The minimum Gasteiger partial charge on any atom is -0.391 e. The molecule has 71 heavy (non-hydrogen) atoms. The summed E-state index contributed by atoms with van der Waals surface area (Å²) in [7, 11) is 2.08. The number of nitrogens with zero attached hydrogens (tertiary/aromatic N) is 10.